The van der Waals surface area contributed by atoms with Crippen LogP contribution in [0.5, 0.6) is 11.5 Å². The summed E-state index contributed by atoms with van der Waals surface area (Å²) in [5.41, 5.74) is 2.04. The number of carbonyl (C=O) groups is 1. The summed E-state index contributed by atoms with van der Waals surface area (Å²) in [5.74, 6) is 1.04. The van der Waals surface area contributed by atoms with E-state index in [1.54, 1.807) is 33.3 Å². The number of benzene rings is 2. The zero-order chi connectivity index (χ0) is 22.7. The van der Waals surface area contributed by atoms with Crippen molar-refractivity contribution in [2.45, 2.75) is 13.5 Å². The summed E-state index contributed by atoms with van der Waals surface area (Å²) in [7, 11) is 3.09. The number of nitrogens with one attached hydrogen (secondary N) is 1. The van der Waals surface area contributed by atoms with Gasteiger partial charge in [-0.1, -0.05) is 41.7 Å². The fraction of sp³-hybridized carbons (Fsp3) is 0.182. The molecule has 0 aliphatic rings. The maximum Gasteiger partial charge on any atom is 0.350 e. The number of hydrogen-bond donors (Lipinski definition) is 1. The van der Waals surface area contributed by atoms with E-state index in [4.69, 9.17) is 25.8 Å². The lowest BCUT2D eigenvalue weighted by atomic mass is 10.2. The highest BCUT2D eigenvalue weighted by Crippen LogP contribution is 2.36. The Morgan fingerprint density at radius 2 is 1.78 bits per heavy atom. The van der Waals surface area contributed by atoms with Crippen molar-refractivity contribution in [3.8, 4) is 11.5 Å². The van der Waals surface area contributed by atoms with Crippen molar-refractivity contribution in [3.05, 3.63) is 63.9 Å². The predicted molar refractivity (Wildman–Crippen MR) is 123 cm³/mol. The topological polar surface area (TPSA) is 95.5 Å². The summed E-state index contributed by atoms with van der Waals surface area (Å²) < 4.78 is 16.1. The zero-order valence-corrected chi connectivity index (χ0v) is 19.1. The number of anilines is 2. The normalized spacial score (nSPS) is 10.8. The Kier molecular flexibility index (Phi) is 6.38. The quantitative estimate of drug-likeness (QED) is 0.292. The number of rotatable bonds is 7. The lowest BCUT2D eigenvalue weighted by Crippen LogP contribution is -2.04. The van der Waals surface area contributed by atoms with Crippen LogP contribution < -0.4 is 14.8 Å². The molecule has 0 atom stereocenters. The van der Waals surface area contributed by atoms with Crippen molar-refractivity contribution >= 4 is 50.8 Å². The molecule has 1 N–H and O–H groups in total. The molecule has 32 heavy (non-hydrogen) atoms. The van der Waals surface area contributed by atoms with Gasteiger partial charge in [0.15, 0.2) is 16.6 Å². The molecule has 164 valence electrons. The Morgan fingerprint density at radius 1 is 1.06 bits per heavy atom. The Bertz CT molecular complexity index is 1280. The first-order valence-corrected chi connectivity index (χ1v) is 10.7. The highest BCUT2D eigenvalue weighted by Gasteiger charge is 2.19. The fourth-order valence-electron chi connectivity index (χ4n) is 3.05. The van der Waals surface area contributed by atoms with Crippen LogP contribution in [0.4, 0.5) is 10.9 Å². The number of thiazole rings is 1. The van der Waals surface area contributed by atoms with Gasteiger partial charge in [-0.3, -0.25) is 0 Å². The summed E-state index contributed by atoms with van der Waals surface area (Å²) in [6.45, 7) is 1.94. The molecule has 0 unspecified atom stereocenters. The summed E-state index contributed by atoms with van der Waals surface area (Å²) in [6, 6.07) is 13.0. The van der Waals surface area contributed by atoms with Gasteiger partial charge in [0.2, 0.25) is 5.28 Å². The smallest absolute Gasteiger partial charge is 0.350 e. The highest BCUT2D eigenvalue weighted by atomic mass is 35.5. The van der Waals surface area contributed by atoms with Gasteiger partial charge in [-0.15, -0.1) is 0 Å². The number of aromatic nitrogens is 3. The van der Waals surface area contributed by atoms with Crippen LogP contribution in [0.15, 0.2) is 42.5 Å². The molecule has 0 aliphatic heterocycles. The average Bonchev–Trinajstić information content (AvgIpc) is 3.17. The molecule has 10 heteroatoms. The maximum absolute atomic E-state index is 12.6. The summed E-state index contributed by atoms with van der Waals surface area (Å²) in [5, 5.41) is 4.32. The third kappa shape index (κ3) is 4.58. The molecule has 0 bridgehead atoms. The van der Waals surface area contributed by atoms with Crippen LogP contribution in [0.25, 0.3) is 10.9 Å². The molecule has 0 saturated heterocycles. The third-order valence-electron chi connectivity index (χ3n) is 4.59. The molecular formula is C22H19ClN4O4S. The van der Waals surface area contributed by atoms with E-state index >= 15 is 0 Å². The fourth-order valence-corrected chi connectivity index (χ4v) is 4.09. The third-order valence-corrected chi connectivity index (χ3v) is 5.82. The van der Waals surface area contributed by atoms with E-state index in [0.29, 0.717) is 43.9 Å². The second-order valence-corrected chi connectivity index (χ2v) is 8.02. The summed E-state index contributed by atoms with van der Waals surface area (Å²) in [6.07, 6.45) is 0. The van der Waals surface area contributed by atoms with Crippen LogP contribution in [0, 0.1) is 6.92 Å². The minimum Gasteiger partial charge on any atom is -0.493 e. The van der Waals surface area contributed by atoms with E-state index in [1.807, 2.05) is 30.3 Å². The minimum atomic E-state index is -0.436. The van der Waals surface area contributed by atoms with E-state index < -0.39 is 5.97 Å². The molecule has 0 aliphatic carbocycles. The monoisotopic (exact) mass is 470 g/mol. The van der Waals surface area contributed by atoms with Gasteiger partial charge in [0, 0.05) is 11.5 Å². The average molecular weight is 471 g/mol. The highest BCUT2D eigenvalue weighted by molar-refractivity contribution is 7.17. The Hall–Kier alpha value is -3.43. The number of hydrogen-bond acceptors (Lipinski definition) is 9. The van der Waals surface area contributed by atoms with Crippen LogP contribution in [-0.2, 0) is 11.3 Å². The predicted octanol–water partition coefficient (Wildman–Crippen LogP) is 5.17. The number of carbonyl (C=O) groups excluding carboxylic acids is 1. The second kappa shape index (κ2) is 9.37. The Morgan fingerprint density at radius 3 is 2.50 bits per heavy atom. The molecule has 0 radical (unpaired) electrons. The first-order chi connectivity index (χ1) is 15.5. The first kappa shape index (κ1) is 21.8. The zero-order valence-electron chi connectivity index (χ0n) is 17.5. The molecule has 2 aromatic carbocycles. The van der Waals surface area contributed by atoms with Gasteiger partial charge in [0.05, 0.1) is 25.4 Å². The van der Waals surface area contributed by atoms with Crippen LogP contribution in [0.2, 0.25) is 5.28 Å². The minimum absolute atomic E-state index is 0.0583. The van der Waals surface area contributed by atoms with E-state index in [2.05, 4.69) is 20.3 Å². The maximum atomic E-state index is 12.6. The number of ether oxygens (including phenoxy) is 3. The summed E-state index contributed by atoms with van der Waals surface area (Å²) in [4.78, 5) is 26.0. The molecule has 2 aromatic heterocycles. The van der Waals surface area contributed by atoms with Gasteiger partial charge in [-0.05, 0) is 30.2 Å². The number of esters is 1. The SMILES string of the molecule is COc1cc2nc(Cl)nc(Nc3nc(C)c(C(=O)OCc4ccccc4)s3)c2cc1OC. The molecular weight excluding hydrogens is 452 g/mol. The van der Waals surface area contributed by atoms with Gasteiger partial charge >= 0.3 is 5.97 Å². The number of aryl methyl sites for hydroxylation is 1. The number of nitrogens with zero attached hydrogens (tertiary/aromatic N) is 3. The van der Waals surface area contributed by atoms with Crippen molar-refractivity contribution in [1.82, 2.24) is 15.0 Å². The number of fused-ring (bicyclic) bond motifs is 1. The molecule has 0 fully saturated rings. The molecule has 4 rings (SSSR count). The Balaban J connectivity index is 1.60. The molecule has 0 amide bonds. The molecule has 8 nitrogen and oxygen atoms in total. The van der Waals surface area contributed by atoms with Crippen molar-refractivity contribution in [1.29, 1.82) is 0 Å². The van der Waals surface area contributed by atoms with E-state index in [1.165, 1.54) is 11.3 Å². The van der Waals surface area contributed by atoms with Crippen LogP contribution in [0.3, 0.4) is 0 Å². The molecule has 0 saturated carbocycles. The van der Waals surface area contributed by atoms with Gasteiger partial charge in [0.25, 0.3) is 0 Å². The lowest BCUT2D eigenvalue weighted by Gasteiger charge is -2.11. The van der Waals surface area contributed by atoms with Gasteiger partial charge in [-0.25, -0.2) is 14.8 Å². The van der Waals surface area contributed by atoms with Crippen LogP contribution in [0.1, 0.15) is 20.9 Å². The van der Waals surface area contributed by atoms with Crippen molar-refractivity contribution in [3.63, 3.8) is 0 Å². The van der Waals surface area contributed by atoms with Crippen LogP contribution in [-0.4, -0.2) is 35.1 Å². The lowest BCUT2D eigenvalue weighted by molar-refractivity contribution is 0.0477. The Labute approximate surface area is 193 Å². The largest absolute Gasteiger partial charge is 0.493 e. The molecule has 0 spiro atoms. The standard InChI is InChI=1S/C22H19ClN4O4S/c1-12-18(20(28)31-11-13-7-5-4-6-8-13)32-22(24-12)27-19-14-9-16(29-2)17(30-3)10-15(14)25-21(23)26-19/h4-10H,11H2,1-3H3,(H,24,25,26,27). The van der Waals surface area contributed by atoms with Gasteiger partial charge in [0.1, 0.15) is 17.3 Å². The number of halogens is 1. The van der Waals surface area contributed by atoms with Crippen molar-refractivity contribution < 1.29 is 19.0 Å². The van der Waals surface area contributed by atoms with E-state index in [0.717, 1.165) is 5.56 Å². The van der Waals surface area contributed by atoms with E-state index in [9.17, 15) is 4.79 Å². The first-order valence-electron chi connectivity index (χ1n) is 9.53. The second-order valence-electron chi connectivity index (χ2n) is 6.69. The molecule has 4 aromatic rings. The number of methoxy groups -OCH3 is 2. The van der Waals surface area contributed by atoms with Gasteiger partial charge < -0.3 is 19.5 Å². The molecule has 2 heterocycles. The summed E-state index contributed by atoms with van der Waals surface area (Å²) >= 11 is 7.29. The van der Waals surface area contributed by atoms with E-state index in [-0.39, 0.29) is 11.9 Å². The van der Waals surface area contributed by atoms with Gasteiger partial charge in [-0.2, -0.15) is 4.98 Å². The van der Waals surface area contributed by atoms with Crippen LogP contribution >= 0.6 is 22.9 Å². The van der Waals surface area contributed by atoms with Crippen molar-refractivity contribution in [2.75, 3.05) is 19.5 Å². The van der Waals surface area contributed by atoms with Crippen molar-refractivity contribution in [2.24, 2.45) is 0 Å².